The monoisotopic (exact) mass is 452 g/mol. The number of carbonyl (C=O) groups excluding carboxylic acids is 1. The van der Waals surface area contributed by atoms with Crippen molar-refractivity contribution in [3.63, 3.8) is 0 Å². The van der Waals surface area contributed by atoms with Gasteiger partial charge < -0.3 is 19.9 Å². The predicted octanol–water partition coefficient (Wildman–Crippen LogP) is 3.13. The average Bonchev–Trinajstić information content (AvgIpc) is 3.41. The van der Waals surface area contributed by atoms with Gasteiger partial charge in [0.15, 0.2) is 0 Å². The maximum Gasteiger partial charge on any atom is 0.222 e. The van der Waals surface area contributed by atoms with Crippen molar-refractivity contribution in [2.75, 3.05) is 38.7 Å². The SMILES string of the molecule is CN1C(=O)C[C@H]2CN(C3CCC(Nc4ncnc5[nH]cc(C6CCOCC6)c45)CC3)CC[C@H]21. The second-order valence-electron chi connectivity index (χ2n) is 10.5. The van der Waals surface area contributed by atoms with Crippen molar-refractivity contribution in [3.05, 3.63) is 18.1 Å². The molecule has 33 heavy (non-hydrogen) atoms. The first-order valence-electron chi connectivity index (χ1n) is 12.8. The number of carbonyl (C=O) groups is 1. The third-order valence-electron chi connectivity index (χ3n) is 8.77. The summed E-state index contributed by atoms with van der Waals surface area (Å²) in [5, 5.41) is 4.96. The minimum absolute atomic E-state index is 0.334. The molecule has 1 amide bonds. The molecule has 8 heteroatoms. The summed E-state index contributed by atoms with van der Waals surface area (Å²) in [6.45, 7) is 3.89. The molecule has 0 bridgehead atoms. The molecule has 5 heterocycles. The molecule has 1 saturated carbocycles. The zero-order chi connectivity index (χ0) is 22.4. The maximum atomic E-state index is 12.1. The van der Waals surface area contributed by atoms with E-state index in [9.17, 15) is 4.79 Å². The van der Waals surface area contributed by atoms with Gasteiger partial charge in [-0.15, -0.1) is 0 Å². The van der Waals surface area contributed by atoms with Gasteiger partial charge in [0.1, 0.15) is 17.8 Å². The quantitative estimate of drug-likeness (QED) is 0.741. The molecule has 4 fully saturated rings. The molecule has 0 radical (unpaired) electrons. The highest BCUT2D eigenvalue weighted by Gasteiger charge is 2.42. The van der Waals surface area contributed by atoms with Gasteiger partial charge in [-0.1, -0.05) is 0 Å². The number of H-pyrrole nitrogens is 1. The minimum Gasteiger partial charge on any atom is -0.381 e. The number of fused-ring (bicyclic) bond motifs is 2. The van der Waals surface area contributed by atoms with Gasteiger partial charge in [0, 0.05) is 70.0 Å². The first-order chi connectivity index (χ1) is 16.2. The minimum atomic E-state index is 0.334. The Labute approximate surface area is 195 Å². The molecule has 178 valence electrons. The molecule has 0 aromatic carbocycles. The van der Waals surface area contributed by atoms with E-state index >= 15 is 0 Å². The Bertz CT molecular complexity index is 994. The van der Waals surface area contributed by atoms with E-state index in [0.717, 1.165) is 76.3 Å². The van der Waals surface area contributed by atoms with Gasteiger partial charge in [0.05, 0.1) is 5.39 Å². The number of amides is 1. The number of nitrogens with one attached hydrogen (secondary N) is 2. The third kappa shape index (κ3) is 4.01. The van der Waals surface area contributed by atoms with Crippen LogP contribution in [0, 0.1) is 5.92 Å². The molecule has 2 aromatic heterocycles. The zero-order valence-corrected chi connectivity index (χ0v) is 19.6. The van der Waals surface area contributed by atoms with Crippen molar-refractivity contribution >= 4 is 22.8 Å². The first-order valence-corrected chi connectivity index (χ1v) is 12.8. The van der Waals surface area contributed by atoms with Crippen molar-refractivity contribution in [3.8, 4) is 0 Å². The molecule has 8 nitrogen and oxygen atoms in total. The van der Waals surface area contributed by atoms with Gasteiger partial charge in [-0.3, -0.25) is 9.69 Å². The van der Waals surface area contributed by atoms with Gasteiger partial charge in [-0.2, -0.15) is 0 Å². The largest absolute Gasteiger partial charge is 0.381 e. The van der Waals surface area contributed by atoms with Gasteiger partial charge in [-0.05, 0) is 56.4 Å². The Morgan fingerprint density at radius 3 is 2.73 bits per heavy atom. The first kappa shape index (κ1) is 21.4. The van der Waals surface area contributed by atoms with Crippen LogP contribution in [0.3, 0.4) is 0 Å². The molecule has 6 rings (SSSR count). The third-order valence-corrected chi connectivity index (χ3v) is 8.77. The lowest BCUT2D eigenvalue weighted by Crippen LogP contribution is -2.50. The molecule has 2 aromatic rings. The number of nitrogens with zero attached hydrogens (tertiary/aromatic N) is 4. The smallest absolute Gasteiger partial charge is 0.222 e. The summed E-state index contributed by atoms with van der Waals surface area (Å²) in [5.74, 6) is 2.36. The fraction of sp³-hybridized carbons (Fsp3) is 0.720. The number of ether oxygens (including phenoxy) is 1. The summed E-state index contributed by atoms with van der Waals surface area (Å²) in [5.41, 5.74) is 2.27. The molecule has 3 aliphatic heterocycles. The van der Waals surface area contributed by atoms with Gasteiger partial charge >= 0.3 is 0 Å². The van der Waals surface area contributed by atoms with E-state index in [4.69, 9.17) is 4.74 Å². The van der Waals surface area contributed by atoms with Crippen molar-refractivity contribution < 1.29 is 9.53 Å². The number of anilines is 1. The van der Waals surface area contributed by atoms with Crippen molar-refractivity contribution in [2.45, 2.75) is 75.4 Å². The van der Waals surface area contributed by atoms with Crippen LogP contribution in [0.4, 0.5) is 5.82 Å². The number of rotatable bonds is 4. The highest BCUT2D eigenvalue weighted by atomic mass is 16.5. The number of piperidine rings is 1. The standard InChI is InChI=1S/C25H36N6O2/c1-30-21-6-9-31(14-17(21)12-22(30)32)19-4-2-18(3-5-19)29-25-23-20(16-7-10-33-11-8-16)13-26-24(23)27-15-28-25/h13,15-19,21H,2-12,14H2,1H3,(H2,26,27,28,29)/t17-,18?,19?,21+/m0/s1. The van der Waals surface area contributed by atoms with Gasteiger partial charge in [-0.25, -0.2) is 9.97 Å². The fourth-order valence-corrected chi connectivity index (χ4v) is 6.85. The summed E-state index contributed by atoms with van der Waals surface area (Å²) in [7, 11) is 1.99. The highest BCUT2D eigenvalue weighted by molar-refractivity contribution is 5.91. The highest BCUT2D eigenvalue weighted by Crippen LogP contribution is 2.37. The lowest BCUT2D eigenvalue weighted by Gasteiger charge is -2.43. The van der Waals surface area contributed by atoms with Crippen LogP contribution < -0.4 is 5.32 Å². The second-order valence-corrected chi connectivity index (χ2v) is 10.5. The second kappa shape index (κ2) is 8.87. The fourth-order valence-electron chi connectivity index (χ4n) is 6.85. The summed E-state index contributed by atoms with van der Waals surface area (Å²) < 4.78 is 5.58. The number of aromatic amines is 1. The van der Waals surface area contributed by atoms with E-state index in [0.29, 0.717) is 35.9 Å². The lowest BCUT2D eigenvalue weighted by atomic mass is 9.86. The Hall–Kier alpha value is -2.19. The topological polar surface area (TPSA) is 86.4 Å². The van der Waals surface area contributed by atoms with Crippen molar-refractivity contribution in [1.82, 2.24) is 24.8 Å². The summed E-state index contributed by atoms with van der Waals surface area (Å²) in [6, 6.07) is 1.58. The molecule has 2 N–H and O–H groups in total. The van der Waals surface area contributed by atoms with E-state index in [1.54, 1.807) is 6.33 Å². The van der Waals surface area contributed by atoms with Crippen LogP contribution in [0.15, 0.2) is 12.5 Å². The molecular weight excluding hydrogens is 416 g/mol. The average molecular weight is 453 g/mol. The molecule has 1 aliphatic carbocycles. The molecule has 0 unspecified atom stereocenters. The van der Waals surface area contributed by atoms with E-state index in [1.807, 2.05) is 11.9 Å². The van der Waals surface area contributed by atoms with Crippen LogP contribution >= 0.6 is 0 Å². The van der Waals surface area contributed by atoms with Gasteiger partial charge in [0.2, 0.25) is 5.91 Å². The molecule has 0 spiro atoms. The van der Waals surface area contributed by atoms with E-state index < -0.39 is 0 Å². The van der Waals surface area contributed by atoms with E-state index in [1.165, 1.54) is 23.8 Å². The maximum absolute atomic E-state index is 12.1. The van der Waals surface area contributed by atoms with Crippen LogP contribution in [0.5, 0.6) is 0 Å². The Morgan fingerprint density at radius 2 is 1.91 bits per heavy atom. The number of aromatic nitrogens is 3. The summed E-state index contributed by atoms with van der Waals surface area (Å²) >= 11 is 0. The Morgan fingerprint density at radius 1 is 1.09 bits per heavy atom. The van der Waals surface area contributed by atoms with E-state index in [-0.39, 0.29) is 0 Å². The van der Waals surface area contributed by atoms with Crippen molar-refractivity contribution in [2.24, 2.45) is 5.92 Å². The summed E-state index contributed by atoms with van der Waals surface area (Å²) in [6.07, 6.45) is 12.6. The predicted molar refractivity (Wildman–Crippen MR) is 127 cm³/mol. The van der Waals surface area contributed by atoms with Crippen molar-refractivity contribution in [1.29, 1.82) is 0 Å². The van der Waals surface area contributed by atoms with Gasteiger partial charge in [0.25, 0.3) is 0 Å². The zero-order valence-electron chi connectivity index (χ0n) is 19.6. The normalized spacial score (nSPS) is 31.8. The molecule has 2 atom stereocenters. The van der Waals surface area contributed by atoms with Crippen LogP contribution in [-0.4, -0.2) is 82.1 Å². The van der Waals surface area contributed by atoms with Crippen LogP contribution in [0.1, 0.15) is 62.8 Å². The van der Waals surface area contributed by atoms with Crippen LogP contribution in [0.2, 0.25) is 0 Å². The Balaban J connectivity index is 1.10. The molecule has 3 saturated heterocycles. The molecular formula is C25H36N6O2. The lowest BCUT2D eigenvalue weighted by molar-refractivity contribution is -0.127. The van der Waals surface area contributed by atoms with Crippen LogP contribution in [0.25, 0.3) is 11.0 Å². The molecule has 4 aliphatic rings. The van der Waals surface area contributed by atoms with Crippen LogP contribution in [-0.2, 0) is 9.53 Å². The Kier molecular flexibility index (Phi) is 5.74. The number of hydrogen-bond acceptors (Lipinski definition) is 6. The van der Waals surface area contributed by atoms with E-state index in [2.05, 4.69) is 31.4 Å². The number of likely N-dealkylation sites (tertiary alicyclic amines) is 2. The summed E-state index contributed by atoms with van der Waals surface area (Å²) in [4.78, 5) is 29.3. The number of hydrogen-bond donors (Lipinski definition) is 2.